The minimum absolute atomic E-state index is 0.0416. The lowest BCUT2D eigenvalue weighted by Crippen LogP contribution is -2.41. The Labute approximate surface area is 128 Å². The molecule has 2 unspecified atom stereocenters. The number of methoxy groups -OCH3 is 1. The summed E-state index contributed by atoms with van der Waals surface area (Å²) in [6, 6.07) is 4.77. The van der Waals surface area contributed by atoms with Crippen molar-refractivity contribution in [2.24, 2.45) is 5.11 Å². The van der Waals surface area contributed by atoms with Gasteiger partial charge in [-0.1, -0.05) is 22.8 Å². The fourth-order valence-corrected chi connectivity index (χ4v) is 4.03. The Morgan fingerprint density at radius 3 is 2.59 bits per heavy atom. The van der Waals surface area contributed by atoms with Gasteiger partial charge in [0.15, 0.2) is 0 Å². The molecule has 2 atom stereocenters. The second-order valence-electron chi connectivity index (χ2n) is 5.02. The number of sulfonamides is 1. The molecule has 118 valence electrons. The van der Waals surface area contributed by atoms with E-state index < -0.39 is 28.1 Å². The van der Waals surface area contributed by atoms with E-state index in [9.17, 15) is 13.2 Å². The van der Waals surface area contributed by atoms with Gasteiger partial charge in [-0.3, -0.25) is 4.79 Å². The summed E-state index contributed by atoms with van der Waals surface area (Å²) in [6.07, 6.45) is 0.113. The first-order valence-electron chi connectivity index (χ1n) is 6.60. The molecule has 1 saturated heterocycles. The Hall–Kier alpha value is -2.09. The van der Waals surface area contributed by atoms with Crippen LogP contribution in [0.5, 0.6) is 0 Å². The molecule has 0 radical (unpaired) electrons. The zero-order valence-corrected chi connectivity index (χ0v) is 13.0. The van der Waals surface area contributed by atoms with E-state index in [4.69, 9.17) is 5.53 Å². The van der Waals surface area contributed by atoms with Crippen LogP contribution >= 0.6 is 0 Å². The van der Waals surface area contributed by atoms with Crippen molar-refractivity contribution in [3.63, 3.8) is 0 Å². The molecular formula is C13H16N4O4S. The summed E-state index contributed by atoms with van der Waals surface area (Å²) in [4.78, 5) is 14.6. The van der Waals surface area contributed by atoms with E-state index >= 15 is 0 Å². The number of azide groups is 1. The van der Waals surface area contributed by atoms with Crippen LogP contribution in [-0.2, 0) is 19.6 Å². The highest BCUT2D eigenvalue weighted by Gasteiger charge is 2.44. The number of esters is 1. The highest BCUT2D eigenvalue weighted by atomic mass is 32.2. The Bertz CT molecular complexity index is 710. The first-order valence-corrected chi connectivity index (χ1v) is 8.04. The highest BCUT2D eigenvalue weighted by molar-refractivity contribution is 7.89. The molecule has 0 spiro atoms. The summed E-state index contributed by atoms with van der Waals surface area (Å²) in [6.45, 7) is 1.81. The van der Waals surface area contributed by atoms with E-state index in [2.05, 4.69) is 14.8 Å². The van der Waals surface area contributed by atoms with Crippen molar-refractivity contribution in [1.82, 2.24) is 4.31 Å². The Morgan fingerprint density at radius 2 is 2.05 bits per heavy atom. The molecule has 0 aliphatic carbocycles. The zero-order valence-electron chi connectivity index (χ0n) is 12.2. The van der Waals surface area contributed by atoms with Crippen molar-refractivity contribution in [3.8, 4) is 0 Å². The smallest absolute Gasteiger partial charge is 0.324 e. The van der Waals surface area contributed by atoms with Crippen LogP contribution in [0.2, 0.25) is 0 Å². The average Bonchev–Trinajstić information content (AvgIpc) is 2.92. The SMILES string of the molecule is COC(=O)C1CC(N=[N+]=[N-])CN1S(=O)(=O)c1ccc(C)cc1. The first kappa shape index (κ1) is 16.3. The molecule has 0 saturated carbocycles. The number of carbonyl (C=O) groups is 1. The third kappa shape index (κ3) is 3.06. The summed E-state index contributed by atoms with van der Waals surface area (Å²) >= 11 is 0. The summed E-state index contributed by atoms with van der Waals surface area (Å²) in [5, 5.41) is 3.53. The van der Waals surface area contributed by atoms with Crippen molar-refractivity contribution in [1.29, 1.82) is 0 Å². The normalized spacial score (nSPS) is 22.1. The van der Waals surface area contributed by atoms with Crippen molar-refractivity contribution < 1.29 is 17.9 Å². The maximum atomic E-state index is 12.7. The van der Waals surface area contributed by atoms with E-state index in [-0.39, 0.29) is 17.9 Å². The van der Waals surface area contributed by atoms with E-state index in [1.165, 1.54) is 19.2 Å². The van der Waals surface area contributed by atoms with Crippen molar-refractivity contribution in [2.45, 2.75) is 30.3 Å². The van der Waals surface area contributed by atoms with Gasteiger partial charge in [0.2, 0.25) is 10.0 Å². The van der Waals surface area contributed by atoms with Crippen LogP contribution in [0.4, 0.5) is 0 Å². The van der Waals surface area contributed by atoms with Crippen molar-refractivity contribution in [3.05, 3.63) is 40.3 Å². The molecule has 0 bridgehead atoms. The largest absolute Gasteiger partial charge is 0.468 e. The molecular weight excluding hydrogens is 308 g/mol. The van der Waals surface area contributed by atoms with Gasteiger partial charge in [0.1, 0.15) is 6.04 Å². The molecule has 1 aromatic rings. The average molecular weight is 324 g/mol. The topological polar surface area (TPSA) is 112 Å². The van der Waals surface area contributed by atoms with Crippen LogP contribution in [0.3, 0.4) is 0 Å². The maximum absolute atomic E-state index is 12.7. The highest BCUT2D eigenvalue weighted by Crippen LogP contribution is 2.28. The number of hydrogen-bond donors (Lipinski definition) is 0. The number of carbonyl (C=O) groups excluding carboxylic acids is 1. The second-order valence-corrected chi connectivity index (χ2v) is 6.91. The minimum Gasteiger partial charge on any atom is -0.468 e. The van der Waals surface area contributed by atoms with Gasteiger partial charge in [0, 0.05) is 11.5 Å². The maximum Gasteiger partial charge on any atom is 0.324 e. The van der Waals surface area contributed by atoms with E-state index in [1.807, 2.05) is 6.92 Å². The van der Waals surface area contributed by atoms with Gasteiger partial charge in [0.05, 0.1) is 18.0 Å². The van der Waals surface area contributed by atoms with Gasteiger partial charge in [-0.15, -0.1) is 0 Å². The van der Waals surface area contributed by atoms with Crippen LogP contribution in [0.25, 0.3) is 10.4 Å². The molecule has 1 fully saturated rings. The van der Waals surface area contributed by atoms with Crippen LogP contribution in [-0.4, -0.2) is 44.4 Å². The van der Waals surface area contributed by atoms with Crippen molar-refractivity contribution >= 4 is 16.0 Å². The van der Waals surface area contributed by atoms with Gasteiger partial charge in [-0.25, -0.2) is 8.42 Å². The fourth-order valence-electron chi connectivity index (χ4n) is 2.40. The molecule has 1 aromatic carbocycles. The van der Waals surface area contributed by atoms with E-state index in [0.717, 1.165) is 9.87 Å². The number of hydrogen-bond acceptors (Lipinski definition) is 5. The summed E-state index contributed by atoms with van der Waals surface area (Å²) in [5.41, 5.74) is 9.45. The third-order valence-electron chi connectivity index (χ3n) is 3.55. The quantitative estimate of drug-likeness (QED) is 0.362. The molecule has 1 aliphatic heterocycles. The molecule has 1 heterocycles. The lowest BCUT2D eigenvalue weighted by Gasteiger charge is -2.22. The summed E-state index contributed by atoms with van der Waals surface area (Å²) in [5.74, 6) is -0.661. The monoisotopic (exact) mass is 324 g/mol. The Kier molecular flexibility index (Phi) is 4.70. The third-order valence-corrected chi connectivity index (χ3v) is 5.44. The number of ether oxygens (including phenoxy) is 1. The van der Waals surface area contributed by atoms with E-state index in [1.54, 1.807) is 12.1 Å². The van der Waals surface area contributed by atoms with Crippen LogP contribution in [0, 0.1) is 6.92 Å². The summed E-state index contributed by atoms with van der Waals surface area (Å²) in [7, 11) is -2.67. The van der Waals surface area contributed by atoms with Gasteiger partial charge >= 0.3 is 5.97 Å². The molecule has 0 aromatic heterocycles. The number of aryl methyl sites for hydroxylation is 1. The molecule has 0 N–H and O–H groups in total. The van der Waals surface area contributed by atoms with Gasteiger partial charge < -0.3 is 4.74 Å². The Balaban J connectivity index is 2.39. The number of benzene rings is 1. The molecule has 9 heteroatoms. The summed E-state index contributed by atoms with van der Waals surface area (Å²) < 4.78 is 31.1. The van der Waals surface area contributed by atoms with Crippen LogP contribution in [0.15, 0.2) is 34.3 Å². The Morgan fingerprint density at radius 1 is 1.41 bits per heavy atom. The van der Waals surface area contributed by atoms with Crippen LogP contribution < -0.4 is 0 Å². The van der Waals surface area contributed by atoms with E-state index in [0.29, 0.717) is 0 Å². The zero-order chi connectivity index (χ0) is 16.3. The molecule has 0 amide bonds. The lowest BCUT2D eigenvalue weighted by molar-refractivity contribution is -0.144. The molecule has 8 nitrogen and oxygen atoms in total. The number of nitrogens with zero attached hydrogens (tertiary/aromatic N) is 4. The fraction of sp³-hybridized carbons (Fsp3) is 0.462. The number of rotatable bonds is 4. The van der Waals surface area contributed by atoms with Gasteiger partial charge in [0.25, 0.3) is 0 Å². The predicted molar refractivity (Wildman–Crippen MR) is 78.4 cm³/mol. The van der Waals surface area contributed by atoms with Gasteiger partial charge in [-0.2, -0.15) is 4.31 Å². The molecule has 22 heavy (non-hydrogen) atoms. The lowest BCUT2D eigenvalue weighted by atomic mass is 10.2. The molecule has 2 rings (SSSR count). The predicted octanol–water partition coefficient (Wildman–Crippen LogP) is 1.61. The van der Waals surface area contributed by atoms with Crippen LogP contribution in [0.1, 0.15) is 12.0 Å². The van der Waals surface area contributed by atoms with Gasteiger partial charge in [-0.05, 0) is 31.0 Å². The second kappa shape index (κ2) is 6.35. The molecule has 1 aliphatic rings. The van der Waals surface area contributed by atoms with Crippen molar-refractivity contribution in [2.75, 3.05) is 13.7 Å². The first-order chi connectivity index (χ1) is 10.4. The standard InChI is InChI=1S/C13H16N4O4S/c1-9-3-5-11(6-4-9)22(19,20)17-8-10(15-16-14)7-12(17)13(18)21-2/h3-6,10,12H,7-8H2,1-2H3. The minimum atomic E-state index is -3.86.